The Bertz CT molecular complexity index is 477. The molecule has 0 aromatic heterocycles. The zero-order valence-corrected chi connectivity index (χ0v) is 12.6. The SMILES string of the molecule is C[C@@H]1[C@@H](O)C[C@H]2[C@@H](C)C(=O)O[C@@H]3OC4(C)CC[C@@H]1[C@]32OO4. The molecule has 6 heteroatoms. The summed E-state index contributed by atoms with van der Waals surface area (Å²) in [7, 11) is 0. The fourth-order valence-corrected chi connectivity index (χ4v) is 4.72. The van der Waals surface area contributed by atoms with Crippen LogP contribution < -0.4 is 0 Å². The summed E-state index contributed by atoms with van der Waals surface area (Å²) in [6.07, 6.45) is 0.812. The standard InChI is InChI=1S/C15H22O6/c1-7-9-4-5-14(3)19-13-15(9,21-20-14)10(6-11(7)16)8(2)12(17)18-13/h7-11,13,16H,4-6H2,1-3H3/t7-,8+,9-,10-,11-,13+,14?,15+/m0/s1. The third kappa shape index (κ3) is 1.64. The van der Waals surface area contributed by atoms with Crippen LogP contribution in [0.15, 0.2) is 0 Å². The lowest BCUT2D eigenvalue weighted by molar-refractivity contribution is -0.560. The zero-order chi connectivity index (χ0) is 15.0. The number of carbonyl (C=O) groups is 1. The number of rotatable bonds is 0. The Kier molecular flexibility index (Phi) is 2.78. The predicted molar refractivity (Wildman–Crippen MR) is 69.4 cm³/mol. The fraction of sp³-hybridized carbons (Fsp3) is 0.933. The molecule has 0 radical (unpaired) electrons. The molecule has 21 heavy (non-hydrogen) atoms. The van der Waals surface area contributed by atoms with E-state index in [0.717, 1.165) is 6.42 Å². The molecule has 6 nitrogen and oxygen atoms in total. The second kappa shape index (κ2) is 4.19. The molecule has 8 atom stereocenters. The summed E-state index contributed by atoms with van der Waals surface area (Å²) in [6, 6.07) is 0. The first-order valence-corrected chi connectivity index (χ1v) is 7.80. The average molecular weight is 298 g/mol. The summed E-state index contributed by atoms with van der Waals surface area (Å²) in [4.78, 5) is 23.6. The largest absolute Gasteiger partial charge is 0.432 e. The summed E-state index contributed by atoms with van der Waals surface area (Å²) in [5.41, 5.74) is -0.790. The third-order valence-corrected chi connectivity index (χ3v) is 6.09. The number of aliphatic hydroxyl groups excluding tert-OH is 1. The van der Waals surface area contributed by atoms with E-state index in [2.05, 4.69) is 0 Å². The number of ether oxygens (including phenoxy) is 2. The van der Waals surface area contributed by atoms with Crippen molar-refractivity contribution in [3.63, 3.8) is 0 Å². The first kappa shape index (κ1) is 13.9. The second-order valence-electron chi connectivity index (χ2n) is 7.24. The minimum absolute atomic E-state index is 0.0520. The van der Waals surface area contributed by atoms with Crippen LogP contribution in [-0.2, 0) is 24.0 Å². The van der Waals surface area contributed by atoms with Crippen molar-refractivity contribution in [1.29, 1.82) is 0 Å². The third-order valence-electron chi connectivity index (χ3n) is 6.09. The number of carbonyl (C=O) groups excluding carboxylic acids is 1. The van der Waals surface area contributed by atoms with Crippen LogP contribution in [0.2, 0.25) is 0 Å². The lowest BCUT2D eigenvalue weighted by atomic mass is 9.57. The van der Waals surface area contributed by atoms with Gasteiger partial charge < -0.3 is 14.6 Å². The molecule has 1 unspecified atom stereocenters. The van der Waals surface area contributed by atoms with Gasteiger partial charge in [-0.15, -0.1) is 0 Å². The molecule has 4 aliphatic heterocycles. The van der Waals surface area contributed by atoms with Gasteiger partial charge in [0.05, 0.1) is 12.0 Å². The molecule has 4 saturated heterocycles. The molecule has 4 heterocycles. The number of fused-ring (bicyclic) bond motifs is 2. The Labute approximate surface area is 123 Å². The highest BCUT2D eigenvalue weighted by Gasteiger charge is 2.71. The highest BCUT2D eigenvalue weighted by Crippen LogP contribution is 2.59. The van der Waals surface area contributed by atoms with E-state index < -0.39 is 23.8 Å². The molecule has 1 saturated carbocycles. The van der Waals surface area contributed by atoms with Crippen molar-refractivity contribution < 1.29 is 29.1 Å². The normalized spacial score (nSPS) is 59.1. The van der Waals surface area contributed by atoms with Crippen LogP contribution in [-0.4, -0.2) is 34.9 Å². The van der Waals surface area contributed by atoms with Crippen molar-refractivity contribution >= 4 is 5.97 Å². The Morgan fingerprint density at radius 1 is 1.24 bits per heavy atom. The van der Waals surface area contributed by atoms with Gasteiger partial charge in [-0.1, -0.05) is 13.8 Å². The fourth-order valence-electron chi connectivity index (χ4n) is 4.72. The molecule has 118 valence electrons. The van der Waals surface area contributed by atoms with E-state index in [9.17, 15) is 9.90 Å². The first-order valence-electron chi connectivity index (χ1n) is 7.80. The molecular formula is C15H22O6. The highest BCUT2D eigenvalue weighted by molar-refractivity contribution is 5.74. The van der Waals surface area contributed by atoms with Gasteiger partial charge in [0.25, 0.3) is 0 Å². The molecule has 2 bridgehead atoms. The Balaban J connectivity index is 1.85. The lowest BCUT2D eigenvalue weighted by Gasteiger charge is -2.58. The molecular weight excluding hydrogens is 276 g/mol. The van der Waals surface area contributed by atoms with Gasteiger partial charge in [-0.3, -0.25) is 4.79 Å². The number of hydrogen-bond donors (Lipinski definition) is 1. The van der Waals surface area contributed by atoms with Gasteiger partial charge in [-0.2, -0.15) is 0 Å². The maximum absolute atomic E-state index is 12.1. The van der Waals surface area contributed by atoms with Crippen molar-refractivity contribution in [2.75, 3.05) is 0 Å². The Hall–Kier alpha value is -0.690. The second-order valence-corrected chi connectivity index (χ2v) is 7.24. The van der Waals surface area contributed by atoms with Crippen LogP contribution >= 0.6 is 0 Å². The summed E-state index contributed by atoms with van der Waals surface area (Å²) >= 11 is 0. The van der Waals surface area contributed by atoms with E-state index in [-0.39, 0.29) is 29.6 Å². The van der Waals surface area contributed by atoms with Gasteiger partial charge in [-0.05, 0) is 25.7 Å². The van der Waals surface area contributed by atoms with E-state index in [1.54, 1.807) is 6.92 Å². The summed E-state index contributed by atoms with van der Waals surface area (Å²) < 4.78 is 11.5. The lowest BCUT2D eigenvalue weighted by Crippen LogP contribution is -2.71. The Morgan fingerprint density at radius 2 is 2.00 bits per heavy atom. The molecule has 5 rings (SSSR count). The number of aliphatic hydroxyl groups is 1. The van der Waals surface area contributed by atoms with Crippen LogP contribution in [0.1, 0.15) is 40.0 Å². The molecule has 0 aromatic rings. The molecule has 5 aliphatic rings. The van der Waals surface area contributed by atoms with Crippen LogP contribution in [0.5, 0.6) is 0 Å². The van der Waals surface area contributed by atoms with Gasteiger partial charge in [0.15, 0.2) is 5.60 Å². The number of esters is 1. The first-order chi connectivity index (χ1) is 9.87. The van der Waals surface area contributed by atoms with E-state index in [0.29, 0.717) is 12.8 Å². The maximum Gasteiger partial charge on any atom is 0.311 e. The van der Waals surface area contributed by atoms with Crippen LogP contribution in [0, 0.1) is 23.7 Å². The van der Waals surface area contributed by atoms with E-state index in [1.165, 1.54) is 0 Å². The van der Waals surface area contributed by atoms with E-state index >= 15 is 0 Å². The number of hydrogen-bond acceptors (Lipinski definition) is 6. The highest BCUT2D eigenvalue weighted by atomic mass is 17.3. The van der Waals surface area contributed by atoms with Gasteiger partial charge in [0, 0.05) is 18.3 Å². The van der Waals surface area contributed by atoms with Crippen molar-refractivity contribution in [2.24, 2.45) is 23.7 Å². The minimum Gasteiger partial charge on any atom is -0.432 e. The van der Waals surface area contributed by atoms with Crippen LogP contribution in [0.25, 0.3) is 0 Å². The summed E-state index contributed by atoms with van der Waals surface area (Å²) in [5, 5.41) is 10.4. The predicted octanol–water partition coefficient (Wildman–Crippen LogP) is 1.37. The van der Waals surface area contributed by atoms with Gasteiger partial charge in [0.2, 0.25) is 12.1 Å². The topological polar surface area (TPSA) is 74.2 Å². The molecule has 5 fully saturated rings. The van der Waals surface area contributed by atoms with Crippen molar-refractivity contribution in [3.8, 4) is 0 Å². The Morgan fingerprint density at radius 3 is 2.76 bits per heavy atom. The van der Waals surface area contributed by atoms with Crippen LogP contribution in [0.3, 0.4) is 0 Å². The monoisotopic (exact) mass is 298 g/mol. The van der Waals surface area contributed by atoms with Gasteiger partial charge >= 0.3 is 5.97 Å². The van der Waals surface area contributed by atoms with Gasteiger partial charge in [0.1, 0.15) is 0 Å². The maximum atomic E-state index is 12.1. The minimum atomic E-state index is -0.886. The van der Waals surface area contributed by atoms with Crippen molar-refractivity contribution in [1.82, 2.24) is 0 Å². The molecule has 1 aliphatic carbocycles. The summed E-state index contributed by atoms with van der Waals surface area (Å²) in [6.45, 7) is 5.67. The zero-order valence-electron chi connectivity index (χ0n) is 12.6. The van der Waals surface area contributed by atoms with Gasteiger partial charge in [-0.25, -0.2) is 9.78 Å². The van der Waals surface area contributed by atoms with E-state index in [4.69, 9.17) is 19.2 Å². The van der Waals surface area contributed by atoms with Crippen molar-refractivity contribution in [3.05, 3.63) is 0 Å². The van der Waals surface area contributed by atoms with E-state index in [1.807, 2.05) is 13.8 Å². The van der Waals surface area contributed by atoms with Crippen LogP contribution in [0.4, 0.5) is 0 Å². The average Bonchev–Trinajstić information content (AvgIpc) is 2.66. The molecule has 1 N–H and O–H groups in total. The molecule has 0 amide bonds. The summed E-state index contributed by atoms with van der Waals surface area (Å²) in [5.74, 6) is -1.54. The smallest absolute Gasteiger partial charge is 0.311 e. The van der Waals surface area contributed by atoms with Crippen molar-refractivity contribution in [2.45, 2.75) is 63.8 Å². The quantitative estimate of drug-likeness (QED) is 0.538. The molecule has 1 spiro atoms. The molecule has 0 aromatic carbocycles.